The van der Waals surface area contributed by atoms with Crippen molar-refractivity contribution in [1.29, 1.82) is 0 Å². The second-order valence-electron chi connectivity index (χ2n) is 5.49. The summed E-state index contributed by atoms with van der Waals surface area (Å²) in [5.41, 5.74) is 0.906. The Labute approximate surface area is 160 Å². The molecule has 0 unspecified atom stereocenters. The fourth-order valence-electron chi connectivity index (χ4n) is 2.31. The number of rotatable bonds is 7. The number of methoxy groups -OCH3 is 1. The molecule has 3 aromatic rings. The molecule has 0 aliphatic heterocycles. The molecule has 0 bridgehead atoms. The van der Waals surface area contributed by atoms with Gasteiger partial charge in [0.2, 0.25) is 5.91 Å². The van der Waals surface area contributed by atoms with Gasteiger partial charge in [-0.2, -0.15) is 0 Å². The zero-order valence-electron chi connectivity index (χ0n) is 14.6. The number of hydrogen-bond donors (Lipinski definition) is 2. The minimum absolute atomic E-state index is 0.183. The van der Waals surface area contributed by atoms with Gasteiger partial charge in [0.1, 0.15) is 5.75 Å². The van der Waals surface area contributed by atoms with E-state index in [1.807, 2.05) is 30.3 Å². The van der Waals surface area contributed by atoms with Crippen LogP contribution in [0.1, 0.15) is 10.6 Å². The Kier molecular flexibility index (Phi) is 6.17. The summed E-state index contributed by atoms with van der Waals surface area (Å²) >= 11 is 1.43. The van der Waals surface area contributed by atoms with Crippen LogP contribution in [0.25, 0.3) is 0 Å². The van der Waals surface area contributed by atoms with Crippen LogP contribution in [-0.4, -0.2) is 24.7 Å². The molecule has 1 aromatic heterocycles. The van der Waals surface area contributed by atoms with Gasteiger partial charge in [0.25, 0.3) is 5.91 Å². The van der Waals surface area contributed by atoms with Crippen molar-refractivity contribution in [3.05, 3.63) is 72.7 Å². The summed E-state index contributed by atoms with van der Waals surface area (Å²) in [6.45, 7) is 0. The van der Waals surface area contributed by atoms with Crippen LogP contribution in [0, 0.1) is 0 Å². The lowest BCUT2D eigenvalue weighted by atomic mass is 10.2. The topological polar surface area (TPSA) is 80.6 Å². The molecular weight excluding hydrogens is 364 g/mol. The maximum absolute atomic E-state index is 12.3. The van der Waals surface area contributed by atoms with E-state index in [1.165, 1.54) is 25.1 Å². The van der Waals surface area contributed by atoms with E-state index >= 15 is 0 Å². The third-order valence-electron chi connectivity index (χ3n) is 3.61. The number of anilines is 2. The first-order valence-corrected chi connectivity index (χ1v) is 9.15. The maximum Gasteiger partial charge on any atom is 0.291 e. The molecule has 2 N–H and O–H groups in total. The van der Waals surface area contributed by atoms with E-state index in [0.717, 1.165) is 4.90 Å². The normalized spacial score (nSPS) is 10.3. The van der Waals surface area contributed by atoms with E-state index in [2.05, 4.69) is 10.6 Å². The summed E-state index contributed by atoms with van der Waals surface area (Å²) in [6.07, 6.45) is 1.42. The Morgan fingerprint density at radius 1 is 1.00 bits per heavy atom. The molecule has 0 aliphatic rings. The van der Waals surface area contributed by atoms with Crippen LogP contribution in [0.5, 0.6) is 5.75 Å². The molecule has 0 aliphatic carbocycles. The Hall–Kier alpha value is -3.19. The molecule has 3 rings (SSSR count). The molecular formula is C20H18N2O4S. The molecule has 0 fully saturated rings. The minimum atomic E-state index is -0.403. The number of furan rings is 1. The first-order chi connectivity index (χ1) is 13.2. The second kappa shape index (κ2) is 8.95. The van der Waals surface area contributed by atoms with Gasteiger partial charge in [0.15, 0.2) is 5.76 Å². The lowest BCUT2D eigenvalue weighted by Gasteiger charge is -2.13. The van der Waals surface area contributed by atoms with Crippen molar-refractivity contribution in [1.82, 2.24) is 0 Å². The third kappa shape index (κ3) is 5.15. The van der Waals surface area contributed by atoms with Crippen molar-refractivity contribution in [2.45, 2.75) is 4.90 Å². The minimum Gasteiger partial charge on any atom is -0.497 e. The van der Waals surface area contributed by atoms with Gasteiger partial charge < -0.3 is 19.8 Å². The highest BCUT2D eigenvalue weighted by Crippen LogP contribution is 2.28. The summed E-state index contributed by atoms with van der Waals surface area (Å²) in [4.78, 5) is 25.6. The van der Waals surface area contributed by atoms with Gasteiger partial charge in [-0.25, -0.2) is 0 Å². The quantitative estimate of drug-likeness (QED) is 0.597. The Morgan fingerprint density at radius 3 is 2.52 bits per heavy atom. The predicted octanol–water partition coefficient (Wildman–Crippen LogP) is 4.27. The first-order valence-electron chi connectivity index (χ1n) is 8.16. The largest absolute Gasteiger partial charge is 0.497 e. The molecule has 0 spiro atoms. The standard InChI is InChI=1S/C20H18N2O4S/c1-25-14-9-10-16(22-20(24)18-8-5-11-26-18)17(12-14)21-19(23)13-27-15-6-3-2-4-7-15/h2-12H,13H2,1H3,(H,21,23)(H,22,24). The van der Waals surface area contributed by atoms with Crippen molar-refractivity contribution < 1.29 is 18.7 Å². The van der Waals surface area contributed by atoms with E-state index in [1.54, 1.807) is 30.3 Å². The van der Waals surface area contributed by atoms with E-state index in [9.17, 15) is 9.59 Å². The van der Waals surface area contributed by atoms with E-state index in [-0.39, 0.29) is 17.4 Å². The van der Waals surface area contributed by atoms with Crippen molar-refractivity contribution >= 4 is 35.0 Å². The monoisotopic (exact) mass is 382 g/mol. The lowest BCUT2D eigenvalue weighted by molar-refractivity contribution is -0.113. The highest BCUT2D eigenvalue weighted by molar-refractivity contribution is 8.00. The van der Waals surface area contributed by atoms with E-state index in [0.29, 0.717) is 17.1 Å². The number of hydrogen-bond acceptors (Lipinski definition) is 5. The third-order valence-corrected chi connectivity index (χ3v) is 4.62. The zero-order valence-corrected chi connectivity index (χ0v) is 15.4. The molecule has 0 radical (unpaired) electrons. The molecule has 1 heterocycles. The van der Waals surface area contributed by atoms with Crippen LogP contribution in [0.4, 0.5) is 11.4 Å². The molecule has 2 aromatic carbocycles. The number of carbonyl (C=O) groups excluding carboxylic acids is 2. The van der Waals surface area contributed by atoms with E-state index < -0.39 is 5.91 Å². The maximum atomic E-state index is 12.3. The smallest absolute Gasteiger partial charge is 0.291 e. The molecule has 6 nitrogen and oxygen atoms in total. The number of benzene rings is 2. The van der Waals surface area contributed by atoms with Crippen LogP contribution in [-0.2, 0) is 4.79 Å². The lowest BCUT2D eigenvalue weighted by Crippen LogP contribution is -2.17. The van der Waals surface area contributed by atoms with Gasteiger partial charge in [-0.1, -0.05) is 18.2 Å². The SMILES string of the molecule is COc1ccc(NC(=O)c2ccco2)c(NC(=O)CSc2ccccc2)c1. The number of amides is 2. The Balaban J connectivity index is 1.70. The molecule has 138 valence electrons. The summed E-state index contributed by atoms with van der Waals surface area (Å²) in [7, 11) is 1.54. The van der Waals surface area contributed by atoms with Gasteiger partial charge in [0.05, 0.1) is 30.5 Å². The number of thioether (sulfide) groups is 1. The molecule has 7 heteroatoms. The fourth-order valence-corrected chi connectivity index (χ4v) is 3.03. The van der Waals surface area contributed by atoms with Crippen LogP contribution >= 0.6 is 11.8 Å². The number of ether oxygens (including phenoxy) is 1. The Morgan fingerprint density at radius 2 is 1.81 bits per heavy atom. The highest BCUT2D eigenvalue weighted by Gasteiger charge is 2.14. The fraction of sp³-hybridized carbons (Fsp3) is 0.100. The first kappa shape index (κ1) is 18.6. The molecule has 0 saturated heterocycles. The highest BCUT2D eigenvalue weighted by atomic mass is 32.2. The van der Waals surface area contributed by atoms with Gasteiger partial charge in [-0.15, -0.1) is 11.8 Å². The summed E-state index contributed by atoms with van der Waals surface area (Å²) < 4.78 is 10.3. The van der Waals surface area contributed by atoms with Crippen molar-refractivity contribution in [2.75, 3.05) is 23.5 Å². The summed E-state index contributed by atoms with van der Waals surface area (Å²) in [5, 5.41) is 5.55. The van der Waals surface area contributed by atoms with Crippen molar-refractivity contribution in [2.24, 2.45) is 0 Å². The van der Waals surface area contributed by atoms with Crippen molar-refractivity contribution in [3.8, 4) is 5.75 Å². The molecule has 2 amide bonds. The average Bonchev–Trinajstić information content (AvgIpc) is 3.23. The van der Waals surface area contributed by atoms with Gasteiger partial charge in [-0.05, 0) is 36.4 Å². The summed E-state index contributed by atoms with van der Waals surface area (Å²) in [6, 6.07) is 17.9. The van der Waals surface area contributed by atoms with Crippen LogP contribution in [0.15, 0.2) is 76.2 Å². The van der Waals surface area contributed by atoms with Crippen molar-refractivity contribution in [3.63, 3.8) is 0 Å². The van der Waals surface area contributed by atoms with E-state index in [4.69, 9.17) is 9.15 Å². The van der Waals surface area contributed by atoms with Crippen LogP contribution in [0.3, 0.4) is 0 Å². The predicted molar refractivity (Wildman–Crippen MR) is 105 cm³/mol. The summed E-state index contributed by atoms with van der Waals surface area (Å²) in [5.74, 6) is 0.400. The molecule has 0 atom stereocenters. The van der Waals surface area contributed by atoms with Crippen LogP contribution in [0.2, 0.25) is 0 Å². The number of nitrogens with one attached hydrogen (secondary N) is 2. The average molecular weight is 382 g/mol. The molecule has 0 saturated carbocycles. The van der Waals surface area contributed by atoms with Gasteiger partial charge in [0, 0.05) is 11.0 Å². The van der Waals surface area contributed by atoms with Gasteiger partial charge >= 0.3 is 0 Å². The van der Waals surface area contributed by atoms with Gasteiger partial charge in [-0.3, -0.25) is 9.59 Å². The number of carbonyl (C=O) groups is 2. The zero-order chi connectivity index (χ0) is 19.1. The second-order valence-corrected chi connectivity index (χ2v) is 6.54. The Bertz CT molecular complexity index is 911. The molecule has 27 heavy (non-hydrogen) atoms. The van der Waals surface area contributed by atoms with Crippen LogP contribution < -0.4 is 15.4 Å².